The highest BCUT2D eigenvalue weighted by Gasteiger charge is 2.15. The SMILES string of the molecule is Cc1ccc(S(=O)(=O)NCc2cccn(C)c2=O)cc1Cl. The molecule has 0 aliphatic heterocycles. The fourth-order valence-electron chi connectivity index (χ4n) is 1.79. The van der Waals surface area contributed by atoms with Gasteiger partial charge in [0.15, 0.2) is 0 Å². The number of nitrogens with one attached hydrogen (secondary N) is 1. The number of aromatic nitrogens is 1. The Labute approximate surface area is 128 Å². The van der Waals surface area contributed by atoms with E-state index < -0.39 is 10.0 Å². The molecule has 0 radical (unpaired) electrons. The number of benzene rings is 1. The van der Waals surface area contributed by atoms with Gasteiger partial charge in [-0.3, -0.25) is 4.79 Å². The van der Waals surface area contributed by atoms with E-state index in [1.54, 1.807) is 38.4 Å². The Morgan fingerprint density at radius 3 is 2.67 bits per heavy atom. The van der Waals surface area contributed by atoms with E-state index in [0.717, 1.165) is 5.56 Å². The second-order valence-electron chi connectivity index (χ2n) is 4.69. The average molecular weight is 327 g/mol. The normalized spacial score (nSPS) is 11.6. The minimum atomic E-state index is -3.71. The zero-order valence-electron chi connectivity index (χ0n) is 11.6. The predicted molar refractivity (Wildman–Crippen MR) is 81.9 cm³/mol. The smallest absolute Gasteiger partial charge is 0.254 e. The molecule has 2 aromatic rings. The fraction of sp³-hybridized carbons (Fsp3) is 0.214. The summed E-state index contributed by atoms with van der Waals surface area (Å²) in [5.41, 5.74) is 0.941. The Hall–Kier alpha value is -1.63. The van der Waals surface area contributed by atoms with Crippen LogP contribution in [0.25, 0.3) is 0 Å². The molecule has 0 aliphatic carbocycles. The van der Waals surface area contributed by atoms with Crippen LogP contribution in [0.3, 0.4) is 0 Å². The van der Waals surface area contributed by atoms with Crippen molar-refractivity contribution in [1.82, 2.24) is 9.29 Å². The van der Waals surface area contributed by atoms with E-state index in [4.69, 9.17) is 11.6 Å². The average Bonchev–Trinajstić information content (AvgIpc) is 2.43. The molecular weight excluding hydrogens is 312 g/mol. The highest BCUT2D eigenvalue weighted by atomic mass is 35.5. The second kappa shape index (κ2) is 6.01. The highest BCUT2D eigenvalue weighted by molar-refractivity contribution is 7.89. The Morgan fingerprint density at radius 2 is 2.00 bits per heavy atom. The topological polar surface area (TPSA) is 68.2 Å². The van der Waals surface area contributed by atoms with Gasteiger partial charge in [-0.25, -0.2) is 13.1 Å². The van der Waals surface area contributed by atoms with Crippen LogP contribution in [0.1, 0.15) is 11.1 Å². The molecule has 0 saturated heterocycles. The number of hydrogen-bond acceptors (Lipinski definition) is 3. The summed E-state index contributed by atoms with van der Waals surface area (Å²) in [7, 11) is -2.10. The number of pyridine rings is 1. The number of rotatable bonds is 4. The van der Waals surface area contributed by atoms with Gasteiger partial charge in [-0.15, -0.1) is 0 Å². The maximum Gasteiger partial charge on any atom is 0.254 e. The van der Waals surface area contributed by atoms with E-state index in [1.165, 1.54) is 16.7 Å². The highest BCUT2D eigenvalue weighted by Crippen LogP contribution is 2.19. The second-order valence-corrected chi connectivity index (χ2v) is 6.86. The van der Waals surface area contributed by atoms with Crippen LogP contribution in [0.15, 0.2) is 46.2 Å². The zero-order valence-corrected chi connectivity index (χ0v) is 13.2. The first-order valence-corrected chi connectivity index (χ1v) is 8.08. The Bertz CT molecular complexity index is 828. The molecule has 1 aromatic heterocycles. The summed E-state index contributed by atoms with van der Waals surface area (Å²) in [6.07, 6.45) is 1.61. The molecule has 2 rings (SSSR count). The predicted octanol–water partition coefficient (Wildman–Crippen LogP) is 1.83. The van der Waals surface area contributed by atoms with Crippen molar-refractivity contribution in [3.8, 4) is 0 Å². The lowest BCUT2D eigenvalue weighted by Gasteiger charge is -2.08. The maximum absolute atomic E-state index is 12.2. The molecule has 0 unspecified atom stereocenters. The lowest BCUT2D eigenvalue weighted by atomic mass is 10.2. The third kappa shape index (κ3) is 3.53. The van der Waals surface area contributed by atoms with Crippen molar-refractivity contribution in [2.24, 2.45) is 7.05 Å². The van der Waals surface area contributed by atoms with Gasteiger partial charge in [0.1, 0.15) is 0 Å². The molecule has 0 spiro atoms. The zero-order chi connectivity index (χ0) is 15.6. The molecule has 0 aliphatic rings. The minimum Gasteiger partial charge on any atom is -0.318 e. The van der Waals surface area contributed by atoms with Crippen molar-refractivity contribution >= 4 is 21.6 Å². The molecule has 5 nitrogen and oxygen atoms in total. The van der Waals surface area contributed by atoms with E-state index in [0.29, 0.717) is 10.6 Å². The van der Waals surface area contributed by atoms with E-state index in [-0.39, 0.29) is 17.0 Å². The molecule has 0 saturated carbocycles. The van der Waals surface area contributed by atoms with E-state index in [9.17, 15) is 13.2 Å². The van der Waals surface area contributed by atoms with Crippen LogP contribution < -0.4 is 10.3 Å². The van der Waals surface area contributed by atoms with Crippen LogP contribution >= 0.6 is 11.6 Å². The molecular formula is C14H15ClN2O3S. The number of aryl methyl sites for hydroxylation is 2. The molecule has 0 fully saturated rings. The molecule has 112 valence electrons. The third-order valence-corrected chi connectivity index (χ3v) is 4.91. The molecule has 1 heterocycles. The van der Waals surface area contributed by atoms with Crippen molar-refractivity contribution in [2.45, 2.75) is 18.4 Å². The molecule has 1 N–H and O–H groups in total. The maximum atomic E-state index is 12.2. The first-order valence-electron chi connectivity index (χ1n) is 6.21. The monoisotopic (exact) mass is 326 g/mol. The Kier molecular flexibility index (Phi) is 4.51. The summed E-state index contributed by atoms with van der Waals surface area (Å²) >= 11 is 5.94. The van der Waals surface area contributed by atoms with E-state index in [1.807, 2.05) is 0 Å². The van der Waals surface area contributed by atoms with Gasteiger partial charge in [-0.05, 0) is 30.7 Å². The van der Waals surface area contributed by atoms with Crippen molar-refractivity contribution in [2.75, 3.05) is 0 Å². The number of nitrogens with zero attached hydrogens (tertiary/aromatic N) is 1. The lowest BCUT2D eigenvalue weighted by Crippen LogP contribution is -2.28. The molecule has 0 amide bonds. The summed E-state index contributed by atoms with van der Waals surface area (Å²) in [6, 6.07) is 7.79. The van der Waals surface area contributed by atoms with Crippen LogP contribution in [0.2, 0.25) is 5.02 Å². The summed E-state index contributed by atoms with van der Waals surface area (Å²) in [5.74, 6) is 0. The van der Waals surface area contributed by atoms with E-state index >= 15 is 0 Å². The first-order chi connectivity index (χ1) is 9.81. The van der Waals surface area contributed by atoms with Gasteiger partial charge in [-0.2, -0.15) is 0 Å². The van der Waals surface area contributed by atoms with Gasteiger partial charge in [0.05, 0.1) is 4.90 Å². The van der Waals surface area contributed by atoms with Crippen molar-refractivity contribution in [1.29, 1.82) is 0 Å². The number of hydrogen-bond donors (Lipinski definition) is 1. The number of sulfonamides is 1. The quantitative estimate of drug-likeness (QED) is 0.932. The molecule has 21 heavy (non-hydrogen) atoms. The fourth-order valence-corrected chi connectivity index (χ4v) is 3.06. The summed E-state index contributed by atoms with van der Waals surface area (Å²) in [4.78, 5) is 11.9. The standard InChI is InChI=1S/C14H15ClN2O3S/c1-10-5-6-12(8-13(10)15)21(19,20)16-9-11-4-3-7-17(2)14(11)18/h3-8,16H,9H2,1-2H3. The van der Waals surface area contributed by atoms with Gasteiger partial charge >= 0.3 is 0 Å². The van der Waals surface area contributed by atoms with Gasteiger partial charge in [0.2, 0.25) is 10.0 Å². The van der Waals surface area contributed by atoms with Gasteiger partial charge < -0.3 is 4.57 Å². The largest absolute Gasteiger partial charge is 0.318 e. The first kappa shape index (κ1) is 15.8. The van der Waals surface area contributed by atoms with Crippen LogP contribution in [0.5, 0.6) is 0 Å². The third-order valence-electron chi connectivity index (χ3n) is 3.11. The van der Waals surface area contributed by atoms with Crippen LogP contribution in [-0.4, -0.2) is 13.0 Å². The van der Waals surface area contributed by atoms with Crippen molar-refractivity contribution in [3.63, 3.8) is 0 Å². The van der Waals surface area contributed by atoms with Crippen LogP contribution in [0, 0.1) is 6.92 Å². The molecule has 0 atom stereocenters. The Morgan fingerprint density at radius 1 is 1.29 bits per heavy atom. The Balaban J connectivity index is 2.24. The molecule has 1 aromatic carbocycles. The van der Waals surface area contributed by atoms with Gasteiger partial charge in [0, 0.05) is 30.4 Å². The summed E-state index contributed by atoms with van der Waals surface area (Å²) in [5, 5.41) is 0.383. The lowest BCUT2D eigenvalue weighted by molar-refractivity contribution is 0.580. The minimum absolute atomic E-state index is 0.0681. The van der Waals surface area contributed by atoms with Crippen molar-refractivity contribution in [3.05, 3.63) is 63.0 Å². The van der Waals surface area contributed by atoms with Gasteiger partial charge in [0.25, 0.3) is 5.56 Å². The van der Waals surface area contributed by atoms with Crippen LogP contribution in [-0.2, 0) is 23.6 Å². The molecule has 0 bridgehead atoms. The van der Waals surface area contributed by atoms with Gasteiger partial charge in [-0.1, -0.05) is 23.7 Å². The van der Waals surface area contributed by atoms with Crippen LogP contribution in [0.4, 0.5) is 0 Å². The van der Waals surface area contributed by atoms with E-state index in [2.05, 4.69) is 4.72 Å². The molecule has 7 heteroatoms. The van der Waals surface area contributed by atoms with Crippen molar-refractivity contribution < 1.29 is 8.42 Å². The summed E-state index contributed by atoms with van der Waals surface area (Å²) in [6.45, 7) is 1.72. The number of halogens is 1. The summed E-state index contributed by atoms with van der Waals surface area (Å²) < 4.78 is 28.2.